The van der Waals surface area contributed by atoms with Crippen molar-refractivity contribution in [2.45, 2.75) is 19.3 Å². The molecule has 7 nitrogen and oxygen atoms in total. The van der Waals surface area contributed by atoms with E-state index in [0.29, 0.717) is 25.3 Å². The minimum absolute atomic E-state index is 0.122. The standard InChI is InChI=1S/C18H21N5O2/c24-17(14-7-8-14)21-9-4-10-22(12-11-21)18(25)16-13-23(20-19-16)15-5-2-1-3-6-15/h1-3,5-6,13-14H,4,7-12H2. The molecule has 2 amide bonds. The molecule has 0 atom stereocenters. The highest BCUT2D eigenvalue weighted by molar-refractivity contribution is 5.92. The van der Waals surface area contributed by atoms with Crippen molar-refractivity contribution in [2.75, 3.05) is 26.2 Å². The van der Waals surface area contributed by atoms with Crippen LogP contribution in [0.5, 0.6) is 0 Å². The van der Waals surface area contributed by atoms with E-state index in [-0.39, 0.29) is 17.7 Å². The summed E-state index contributed by atoms with van der Waals surface area (Å²) in [6, 6.07) is 9.59. The number of benzene rings is 1. The van der Waals surface area contributed by atoms with E-state index in [4.69, 9.17) is 0 Å². The summed E-state index contributed by atoms with van der Waals surface area (Å²) in [5.41, 5.74) is 1.21. The highest BCUT2D eigenvalue weighted by atomic mass is 16.2. The Hall–Kier alpha value is -2.70. The van der Waals surface area contributed by atoms with E-state index in [1.54, 1.807) is 15.8 Å². The molecule has 0 bridgehead atoms. The summed E-state index contributed by atoms with van der Waals surface area (Å²) < 4.78 is 1.61. The van der Waals surface area contributed by atoms with Crippen molar-refractivity contribution in [2.24, 2.45) is 5.92 Å². The molecule has 1 aromatic heterocycles. The van der Waals surface area contributed by atoms with Gasteiger partial charge in [-0.25, -0.2) is 4.68 Å². The van der Waals surface area contributed by atoms with Crippen molar-refractivity contribution in [3.8, 4) is 5.69 Å². The quantitative estimate of drug-likeness (QED) is 0.846. The van der Waals surface area contributed by atoms with Gasteiger partial charge in [0.15, 0.2) is 5.69 Å². The van der Waals surface area contributed by atoms with Gasteiger partial charge in [-0.15, -0.1) is 5.10 Å². The molecule has 130 valence electrons. The first-order valence-electron chi connectivity index (χ1n) is 8.78. The third-order valence-electron chi connectivity index (χ3n) is 4.75. The Balaban J connectivity index is 1.42. The van der Waals surface area contributed by atoms with Gasteiger partial charge in [0.1, 0.15) is 0 Å². The van der Waals surface area contributed by atoms with Gasteiger partial charge in [0, 0.05) is 32.1 Å². The van der Waals surface area contributed by atoms with Crippen LogP contribution in [0.25, 0.3) is 5.69 Å². The molecule has 25 heavy (non-hydrogen) atoms. The van der Waals surface area contributed by atoms with Gasteiger partial charge in [-0.2, -0.15) is 0 Å². The summed E-state index contributed by atoms with van der Waals surface area (Å²) in [6.45, 7) is 2.53. The lowest BCUT2D eigenvalue weighted by Crippen LogP contribution is -2.38. The van der Waals surface area contributed by atoms with Crippen molar-refractivity contribution in [1.82, 2.24) is 24.8 Å². The molecule has 2 fully saturated rings. The molecule has 0 radical (unpaired) electrons. The predicted octanol–water partition coefficient (Wildman–Crippen LogP) is 1.35. The van der Waals surface area contributed by atoms with Crippen LogP contribution in [0.3, 0.4) is 0 Å². The van der Waals surface area contributed by atoms with Crippen LogP contribution < -0.4 is 0 Å². The summed E-state index contributed by atoms with van der Waals surface area (Å²) >= 11 is 0. The molecular weight excluding hydrogens is 318 g/mol. The zero-order valence-electron chi connectivity index (χ0n) is 14.0. The SMILES string of the molecule is O=C(c1cn(-c2ccccc2)nn1)N1CCCN(C(=O)C2CC2)CC1. The second-order valence-electron chi connectivity index (χ2n) is 6.63. The maximum Gasteiger partial charge on any atom is 0.276 e. The molecule has 4 rings (SSSR count). The monoisotopic (exact) mass is 339 g/mol. The molecule has 7 heteroatoms. The fourth-order valence-corrected chi connectivity index (χ4v) is 3.16. The van der Waals surface area contributed by atoms with Crippen molar-refractivity contribution >= 4 is 11.8 Å². The van der Waals surface area contributed by atoms with Crippen LogP contribution in [0, 0.1) is 5.92 Å². The van der Waals surface area contributed by atoms with Gasteiger partial charge in [0.05, 0.1) is 11.9 Å². The molecule has 1 aliphatic heterocycles. The van der Waals surface area contributed by atoms with Crippen LogP contribution in [0.15, 0.2) is 36.5 Å². The van der Waals surface area contributed by atoms with Crippen LogP contribution in [-0.4, -0.2) is 62.8 Å². The molecule has 0 spiro atoms. The maximum atomic E-state index is 12.7. The number of amides is 2. The van der Waals surface area contributed by atoms with Crippen molar-refractivity contribution in [3.63, 3.8) is 0 Å². The average Bonchev–Trinajstić information content (AvgIpc) is 3.43. The van der Waals surface area contributed by atoms with Gasteiger partial charge in [-0.05, 0) is 31.4 Å². The summed E-state index contributed by atoms with van der Waals surface area (Å²) in [5.74, 6) is 0.361. The number of carbonyl (C=O) groups is 2. The van der Waals surface area contributed by atoms with E-state index in [2.05, 4.69) is 10.3 Å². The van der Waals surface area contributed by atoms with Gasteiger partial charge in [-0.1, -0.05) is 23.4 Å². The summed E-state index contributed by atoms with van der Waals surface area (Å²) in [5, 5.41) is 8.09. The van der Waals surface area contributed by atoms with Gasteiger partial charge >= 0.3 is 0 Å². The molecular formula is C18H21N5O2. The first-order chi connectivity index (χ1) is 12.2. The number of para-hydroxylation sites is 1. The molecule has 1 saturated carbocycles. The normalized spacial score (nSPS) is 18.1. The predicted molar refractivity (Wildman–Crippen MR) is 91.2 cm³/mol. The molecule has 0 N–H and O–H groups in total. The fraction of sp³-hybridized carbons (Fsp3) is 0.444. The van der Waals surface area contributed by atoms with Gasteiger partial charge < -0.3 is 9.80 Å². The Labute approximate surface area is 146 Å². The van der Waals surface area contributed by atoms with Gasteiger partial charge in [-0.3, -0.25) is 9.59 Å². The van der Waals surface area contributed by atoms with Crippen LogP contribution in [-0.2, 0) is 4.79 Å². The fourth-order valence-electron chi connectivity index (χ4n) is 3.16. The Bertz CT molecular complexity index is 769. The number of rotatable bonds is 3. The second kappa shape index (κ2) is 6.66. The van der Waals surface area contributed by atoms with E-state index >= 15 is 0 Å². The molecule has 2 heterocycles. The highest BCUT2D eigenvalue weighted by Gasteiger charge is 2.34. The summed E-state index contributed by atoms with van der Waals surface area (Å²) in [7, 11) is 0. The first-order valence-corrected chi connectivity index (χ1v) is 8.78. The number of nitrogens with zero attached hydrogens (tertiary/aromatic N) is 5. The number of carbonyl (C=O) groups excluding carboxylic acids is 2. The second-order valence-corrected chi connectivity index (χ2v) is 6.63. The zero-order chi connectivity index (χ0) is 17.2. The maximum absolute atomic E-state index is 12.7. The molecule has 2 aliphatic rings. The van der Waals surface area contributed by atoms with Crippen molar-refractivity contribution in [1.29, 1.82) is 0 Å². The minimum Gasteiger partial charge on any atom is -0.341 e. The van der Waals surface area contributed by atoms with Gasteiger partial charge in [0.2, 0.25) is 5.91 Å². The van der Waals surface area contributed by atoms with E-state index in [1.807, 2.05) is 35.2 Å². The van der Waals surface area contributed by atoms with E-state index in [1.165, 1.54) is 0 Å². The first kappa shape index (κ1) is 15.8. The number of hydrogen-bond acceptors (Lipinski definition) is 4. The molecule has 1 saturated heterocycles. The minimum atomic E-state index is -0.122. The number of aromatic nitrogens is 3. The topological polar surface area (TPSA) is 71.3 Å². The lowest BCUT2D eigenvalue weighted by Gasteiger charge is -2.21. The van der Waals surface area contributed by atoms with E-state index < -0.39 is 0 Å². The Morgan fingerprint density at radius 1 is 0.960 bits per heavy atom. The lowest BCUT2D eigenvalue weighted by molar-refractivity contribution is -0.132. The summed E-state index contributed by atoms with van der Waals surface area (Å²) in [6.07, 6.45) is 4.49. The third-order valence-corrected chi connectivity index (χ3v) is 4.75. The van der Waals surface area contributed by atoms with Crippen LogP contribution >= 0.6 is 0 Å². The van der Waals surface area contributed by atoms with Crippen molar-refractivity contribution in [3.05, 3.63) is 42.2 Å². The molecule has 1 aromatic carbocycles. The van der Waals surface area contributed by atoms with Crippen LogP contribution in [0.2, 0.25) is 0 Å². The number of hydrogen-bond donors (Lipinski definition) is 0. The van der Waals surface area contributed by atoms with Gasteiger partial charge in [0.25, 0.3) is 5.91 Å². The Morgan fingerprint density at radius 2 is 1.68 bits per heavy atom. The Kier molecular flexibility index (Phi) is 4.21. The third kappa shape index (κ3) is 3.40. The molecule has 2 aromatic rings. The van der Waals surface area contributed by atoms with E-state index in [0.717, 1.165) is 31.5 Å². The Morgan fingerprint density at radius 3 is 2.44 bits per heavy atom. The lowest BCUT2D eigenvalue weighted by atomic mass is 10.3. The average molecular weight is 339 g/mol. The van der Waals surface area contributed by atoms with Crippen LogP contribution in [0.4, 0.5) is 0 Å². The zero-order valence-corrected chi connectivity index (χ0v) is 14.0. The smallest absolute Gasteiger partial charge is 0.276 e. The van der Waals surface area contributed by atoms with Crippen molar-refractivity contribution < 1.29 is 9.59 Å². The highest BCUT2D eigenvalue weighted by Crippen LogP contribution is 2.31. The van der Waals surface area contributed by atoms with Crippen LogP contribution in [0.1, 0.15) is 29.8 Å². The summed E-state index contributed by atoms with van der Waals surface area (Å²) in [4.78, 5) is 28.6. The molecule has 1 aliphatic carbocycles. The molecule has 0 unspecified atom stereocenters. The van der Waals surface area contributed by atoms with E-state index in [9.17, 15) is 9.59 Å². The largest absolute Gasteiger partial charge is 0.341 e.